The summed E-state index contributed by atoms with van der Waals surface area (Å²) in [4.78, 5) is 38.1. The summed E-state index contributed by atoms with van der Waals surface area (Å²) in [5.74, 6) is -0.943. The number of rotatable bonds is 55. The van der Waals surface area contributed by atoms with Gasteiger partial charge >= 0.3 is 17.9 Å². The predicted octanol–water partition coefficient (Wildman–Crippen LogP) is 20.7. The van der Waals surface area contributed by atoms with E-state index in [2.05, 4.69) is 106 Å². The van der Waals surface area contributed by atoms with Crippen molar-refractivity contribution in [1.29, 1.82) is 0 Å². The summed E-state index contributed by atoms with van der Waals surface area (Å²) < 4.78 is 16.8. The first-order valence-corrected chi connectivity index (χ1v) is 30.6. The lowest BCUT2D eigenvalue weighted by Crippen LogP contribution is -2.30. The number of esters is 3. The van der Waals surface area contributed by atoms with Gasteiger partial charge in [0.1, 0.15) is 13.2 Å². The Morgan fingerprint density at radius 3 is 0.847 bits per heavy atom. The lowest BCUT2D eigenvalue weighted by molar-refractivity contribution is -0.167. The summed E-state index contributed by atoms with van der Waals surface area (Å²) in [5, 5.41) is 0. The molecule has 1 unspecified atom stereocenters. The minimum atomic E-state index is -0.797. The Kier molecular flexibility index (Phi) is 57.3. The Morgan fingerprint density at radius 2 is 0.542 bits per heavy atom. The van der Waals surface area contributed by atoms with Gasteiger partial charge in [-0.05, 0) is 70.6 Å². The third-order valence-corrected chi connectivity index (χ3v) is 13.2. The summed E-state index contributed by atoms with van der Waals surface area (Å²) in [6.07, 6.45) is 78.8. The van der Waals surface area contributed by atoms with Gasteiger partial charge in [0.2, 0.25) is 0 Å². The Hall–Kier alpha value is -3.41. The van der Waals surface area contributed by atoms with Crippen molar-refractivity contribution in [3.63, 3.8) is 0 Å². The number of hydrogen-bond acceptors (Lipinski definition) is 6. The third-order valence-electron chi connectivity index (χ3n) is 13.2. The van der Waals surface area contributed by atoms with Crippen molar-refractivity contribution in [3.05, 3.63) is 85.1 Å². The molecular formula is C66H114O6. The molecule has 0 saturated carbocycles. The molecule has 0 aromatic carbocycles. The maximum Gasteiger partial charge on any atom is 0.306 e. The second-order valence-corrected chi connectivity index (χ2v) is 20.2. The SMILES string of the molecule is CC/C=C\C/C=C\C/C=C\C/C=C\C/C=C\C/C=C\C/C=C\CCCC(=O)OCC(COC(=O)CCCCCCCCCCCC)OC(=O)CCCCCCCCCCCCCCCCCCCCCCC. The van der Waals surface area contributed by atoms with Crippen LogP contribution < -0.4 is 0 Å². The number of carbonyl (C=O) groups is 3. The molecule has 0 bridgehead atoms. The lowest BCUT2D eigenvalue weighted by atomic mass is 10.0. The van der Waals surface area contributed by atoms with Gasteiger partial charge in [-0.2, -0.15) is 0 Å². The number of hydrogen-bond donors (Lipinski definition) is 0. The van der Waals surface area contributed by atoms with Gasteiger partial charge in [-0.25, -0.2) is 0 Å². The molecule has 0 fully saturated rings. The van der Waals surface area contributed by atoms with Gasteiger partial charge in [0.15, 0.2) is 6.10 Å². The molecule has 6 heteroatoms. The number of unbranched alkanes of at least 4 members (excludes halogenated alkanes) is 30. The highest BCUT2D eigenvalue weighted by molar-refractivity contribution is 5.71. The highest BCUT2D eigenvalue weighted by Gasteiger charge is 2.19. The van der Waals surface area contributed by atoms with Crippen LogP contribution in [0.25, 0.3) is 0 Å². The van der Waals surface area contributed by atoms with Crippen LogP contribution in [-0.4, -0.2) is 37.2 Å². The van der Waals surface area contributed by atoms with Gasteiger partial charge in [-0.1, -0.05) is 292 Å². The molecule has 0 radical (unpaired) electrons. The first-order valence-electron chi connectivity index (χ1n) is 30.6. The lowest BCUT2D eigenvalue weighted by Gasteiger charge is -2.18. The van der Waals surface area contributed by atoms with Crippen molar-refractivity contribution >= 4 is 17.9 Å². The molecule has 1 atom stereocenters. The van der Waals surface area contributed by atoms with Crippen LogP contribution >= 0.6 is 0 Å². The molecule has 0 rings (SSSR count). The van der Waals surface area contributed by atoms with Gasteiger partial charge in [-0.3, -0.25) is 14.4 Å². The quantitative estimate of drug-likeness (QED) is 0.0261. The molecule has 0 aliphatic rings. The van der Waals surface area contributed by atoms with E-state index in [1.807, 2.05) is 0 Å². The Morgan fingerprint density at radius 1 is 0.292 bits per heavy atom. The van der Waals surface area contributed by atoms with E-state index in [0.29, 0.717) is 19.3 Å². The van der Waals surface area contributed by atoms with Gasteiger partial charge in [-0.15, -0.1) is 0 Å². The zero-order valence-electron chi connectivity index (χ0n) is 47.4. The molecule has 0 aliphatic carbocycles. The van der Waals surface area contributed by atoms with Crippen molar-refractivity contribution < 1.29 is 28.6 Å². The fourth-order valence-corrected chi connectivity index (χ4v) is 8.61. The average Bonchev–Trinajstić information content (AvgIpc) is 3.38. The largest absolute Gasteiger partial charge is 0.462 e. The van der Waals surface area contributed by atoms with Gasteiger partial charge < -0.3 is 14.2 Å². The molecule has 0 saturated heterocycles. The van der Waals surface area contributed by atoms with Crippen LogP contribution in [0.3, 0.4) is 0 Å². The van der Waals surface area contributed by atoms with Crippen molar-refractivity contribution in [2.45, 2.75) is 303 Å². The Labute approximate surface area is 445 Å². The molecule has 72 heavy (non-hydrogen) atoms. The second-order valence-electron chi connectivity index (χ2n) is 20.2. The van der Waals surface area contributed by atoms with E-state index in [1.165, 1.54) is 161 Å². The fourth-order valence-electron chi connectivity index (χ4n) is 8.61. The first kappa shape index (κ1) is 68.6. The molecule has 0 aromatic rings. The van der Waals surface area contributed by atoms with Crippen molar-refractivity contribution in [2.75, 3.05) is 13.2 Å². The monoisotopic (exact) mass is 1000 g/mol. The standard InChI is InChI=1S/C66H114O6/c1-4-7-10-13-16-19-22-24-26-28-30-32-33-35-36-38-40-42-44-47-50-53-56-59-65(68)71-62-63(61-70-64(67)58-55-52-49-46-21-18-15-12-9-6-3)72-66(69)60-57-54-51-48-45-43-41-39-37-34-31-29-27-25-23-20-17-14-11-8-5-2/h7,10,16,19,24,26,30,32,35-36,40,42,47,50,63H,4-6,8-9,11-15,17-18,20-23,25,27-29,31,33-34,37-39,41,43-46,48-49,51-62H2,1-3H3/b10-7-,19-16-,26-24-,32-30-,36-35-,42-40-,50-47-. The molecule has 0 heterocycles. The molecule has 0 aliphatic heterocycles. The van der Waals surface area contributed by atoms with E-state index in [0.717, 1.165) is 89.9 Å². The number of ether oxygens (including phenoxy) is 3. The maximum atomic E-state index is 12.9. The van der Waals surface area contributed by atoms with E-state index in [9.17, 15) is 14.4 Å². The van der Waals surface area contributed by atoms with Crippen LogP contribution in [0, 0.1) is 0 Å². The van der Waals surface area contributed by atoms with Crippen LogP contribution in [-0.2, 0) is 28.6 Å². The molecular weight excluding hydrogens is 889 g/mol. The van der Waals surface area contributed by atoms with E-state index < -0.39 is 6.10 Å². The molecule has 0 spiro atoms. The van der Waals surface area contributed by atoms with Gasteiger partial charge in [0, 0.05) is 19.3 Å². The van der Waals surface area contributed by atoms with E-state index in [-0.39, 0.29) is 37.5 Å². The highest BCUT2D eigenvalue weighted by Crippen LogP contribution is 2.17. The van der Waals surface area contributed by atoms with Crippen LogP contribution in [0.1, 0.15) is 297 Å². The molecule has 0 N–H and O–H groups in total. The first-order chi connectivity index (χ1) is 35.5. The minimum Gasteiger partial charge on any atom is -0.462 e. The minimum absolute atomic E-state index is 0.0910. The normalized spacial score (nSPS) is 12.7. The summed E-state index contributed by atoms with van der Waals surface area (Å²) in [6, 6.07) is 0. The number of allylic oxidation sites excluding steroid dienone is 14. The topological polar surface area (TPSA) is 78.9 Å². The molecule has 0 aromatic heterocycles. The molecule has 6 nitrogen and oxygen atoms in total. The van der Waals surface area contributed by atoms with E-state index >= 15 is 0 Å². The number of carbonyl (C=O) groups excluding carboxylic acids is 3. The second kappa shape index (κ2) is 60.1. The van der Waals surface area contributed by atoms with E-state index in [1.54, 1.807) is 0 Å². The Balaban J connectivity index is 4.36. The molecule has 0 amide bonds. The van der Waals surface area contributed by atoms with Gasteiger partial charge in [0.25, 0.3) is 0 Å². The van der Waals surface area contributed by atoms with Crippen LogP contribution in [0.5, 0.6) is 0 Å². The average molecular weight is 1000 g/mol. The van der Waals surface area contributed by atoms with Crippen LogP contribution in [0.15, 0.2) is 85.1 Å². The van der Waals surface area contributed by atoms with Crippen LogP contribution in [0.2, 0.25) is 0 Å². The Bertz CT molecular complexity index is 1380. The highest BCUT2D eigenvalue weighted by atomic mass is 16.6. The zero-order valence-corrected chi connectivity index (χ0v) is 47.4. The summed E-state index contributed by atoms with van der Waals surface area (Å²) in [7, 11) is 0. The summed E-state index contributed by atoms with van der Waals surface area (Å²) in [5.41, 5.74) is 0. The van der Waals surface area contributed by atoms with Crippen molar-refractivity contribution in [1.82, 2.24) is 0 Å². The predicted molar refractivity (Wildman–Crippen MR) is 311 cm³/mol. The van der Waals surface area contributed by atoms with E-state index in [4.69, 9.17) is 14.2 Å². The third kappa shape index (κ3) is 57.5. The molecule has 414 valence electrons. The maximum absolute atomic E-state index is 12.9. The van der Waals surface area contributed by atoms with Gasteiger partial charge in [0.05, 0.1) is 0 Å². The van der Waals surface area contributed by atoms with Crippen molar-refractivity contribution in [3.8, 4) is 0 Å². The summed E-state index contributed by atoms with van der Waals surface area (Å²) >= 11 is 0. The fraction of sp³-hybridized carbons (Fsp3) is 0.742. The zero-order chi connectivity index (χ0) is 52.2. The van der Waals surface area contributed by atoms with Crippen LogP contribution in [0.4, 0.5) is 0 Å². The van der Waals surface area contributed by atoms with Crippen molar-refractivity contribution in [2.24, 2.45) is 0 Å². The smallest absolute Gasteiger partial charge is 0.306 e. The summed E-state index contributed by atoms with van der Waals surface area (Å²) in [6.45, 7) is 6.50.